The standard InChI is InChI=1S/C20H15BrN2O4/c21-15-11-17-18(26-10-9-25-17)12-16(15)23-19(24)14-7-4-8-22-20(14)27-13-5-2-1-3-6-13/h1-8,11-12H,9-10H2,(H,23,24). The Morgan fingerprint density at radius 1 is 1.04 bits per heavy atom. The molecule has 0 saturated carbocycles. The molecular formula is C20H15BrN2O4. The van der Waals surface area contributed by atoms with Gasteiger partial charge in [0, 0.05) is 22.8 Å². The molecule has 0 atom stereocenters. The Hall–Kier alpha value is -3.06. The molecule has 1 amide bonds. The number of amides is 1. The monoisotopic (exact) mass is 426 g/mol. The summed E-state index contributed by atoms with van der Waals surface area (Å²) in [6.07, 6.45) is 1.58. The van der Waals surface area contributed by atoms with E-state index >= 15 is 0 Å². The summed E-state index contributed by atoms with van der Waals surface area (Å²) in [5.41, 5.74) is 0.891. The third-order valence-corrected chi connectivity index (χ3v) is 4.51. The average molecular weight is 427 g/mol. The van der Waals surface area contributed by atoms with Crippen LogP contribution >= 0.6 is 15.9 Å². The van der Waals surface area contributed by atoms with Crippen molar-refractivity contribution in [1.82, 2.24) is 4.98 Å². The number of benzene rings is 2. The summed E-state index contributed by atoms with van der Waals surface area (Å²) in [6, 6.07) is 16.0. The molecule has 136 valence electrons. The second kappa shape index (κ2) is 7.67. The number of carbonyl (C=O) groups is 1. The highest BCUT2D eigenvalue weighted by atomic mass is 79.9. The first-order valence-corrected chi connectivity index (χ1v) is 9.08. The number of carbonyl (C=O) groups excluding carboxylic acids is 1. The van der Waals surface area contributed by atoms with E-state index in [4.69, 9.17) is 14.2 Å². The first-order valence-electron chi connectivity index (χ1n) is 8.29. The van der Waals surface area contributed by atoms with Crippen LogP contribution in [-0.4, -0.2) is 24.1 Å². The number of pyridine rings is 1. The van der Waals surface area contributed by atoms with E-state index in [1.807, 2.05) is 18.2 Å². The summed E-state index contributed by atoms with van der Waals surface area (Å²) in [7, 11) is 0. The minimum atomic E-state index is -0.341. The van der Waals surface area contributed by atoms with E-state index < -0.39 is 0 Å². The van der Waals surface area contributed by atoms with E-state index in [0.717, 1.165) is 0 Å². The zero-order chi connectivity index (χ0) is 18.6. The molecule has 0 bridgehead atoms. The van der Waals surface area contributed by atoms with Crippen LogP contribution in [0.4, 0.5) is 5.69 Å². The number of fused-ring (bicyclic) bond motifs is 1. The molecule has 4 rings (SSSR count). The Bertz CT molecular complexity index is 979. The molecule has 1 aliphatic heterocycles. The highest BCUT2D eigenvalue weighted by molar-refractivity contribution is 9.10. The van der Waals surface area contributed by atoms with E-state index in [2.05, 4.69) is 26.2 Å². The number of hydrogen-bond donors (Lipinski definition) is 1. The lowest BCUT2D eigenvalue weighted by Crippen LogP contribution is -2.17. The summed E-state index contributed by atoms with van der Waals surface area (Å²) in [6.45, 7) is 0.973. The molecule has 27 heavy (non-hydrogen) atoms. The van der Waals surface area contributed by atoms with E-state index in [0.29, 0.717) is 46.2 Å². The van der Waals surface area contributed by atoms with Gasteiger partial charge in [0.1, 0.15) is 24.5 Å². The zero-order valence-electron chi connectivity index (χ0n) is 14.1. The molecule has 0 unspecified atom stereocenters. The van der Waals surface area contributed by atoms with Gasteiger partial charge < -0.3 is 19.5 Å². The molecule has 1 N–H and O–H groups in total. The third kappa shape index (κ3) is 3.88. The molecular weight excluding hydrogens is 412 g/mol. The largest absolute Gasteiger partial charge is 0.486 e. The van der Waals surface area contributed by atoms with Crippen LogP contribution in [0.2, 0.25) is 0 Å². The molecule has 0 aliphatic carbocycles. The van der Waals surface area contributed by atoms with Gasteiger partial charge in [0.25, 0.3) is 5.91 Å². The molecule has 3 aromatic rings. The van der Waals surface area contributed by atoms with E-state index in [-0.39, 0.29) is 11.8 Å². The van der Waals surface area contributed by atoms with Crippen LogP contribution in [0.15, 0.2) is 65.3 Å². The third-order valence-electron chi connectivity index (χ3n) is 3.85. The van der Waals surface area contributed by atoms with Crippen molar-refractivity contribution in [3.8, 4) is 23.1 Å². The summed E-state index contributed by atoms with van der Waals surface area (Å²) >= 11 is 3.45. The maximum Gasteiger partial charge on any atom is 0.261 e. The fraction of sp³-hybridized carbons (Fsp3) is 0.100. The Kier molecular flexibility index (Phi) is 4.93. The highest BCUT2D eigenvalue weighted by Gasteiger charge is 2.19. The minimum Gasteiger partial charge on any atom is -0.486 e. The van der Waals surface area contributed by atoms with Crippen molar-refractivity contribution >= 4 is 27.5 Å². The summed E-state index contributed by atoms with van der Waals surface area (Å²) in [5, 5.41) is 2.86. The number of ether oxygens (including phenoxy) is 3. The van der Waals surface area contributed by atoms with Gasteiger partial charge in [-0.15, -0.1) is 0 Å². The molecule has 0 saturated heterocycles. The first kappa shape index (κ1) is 17.4. The summed E-state index contributed by atoms with van der Waals surface area (Å²) in [5.74, 6) is 1.72. The molecule has 0 spiro atoms. The predicted molar refractivity (Wildman–Crippen MR) is 104 cm³/mol. The van der Waals surface area contributed by atoms with Gasteiger partial charge in [0.05, 0.1) is 5.69 Å². The van der Waals surface area contributed by atoms with Crippen molar-refractivity contribution in [2.24, 2.45) is 0 Å². The van der Waals surface area contributed by atoms with Crippen molar-refractivity contribution < 1.29 is 19.0 Å². The van der Waals surface area contributed by atoms with Crippen molar-refractivity contribution in [2.75, 3.05) is 18.5 Å². The number of halogens is 1. The molecule has 1 aromatic heterocycles. The molecule has 0 fully saturated rings. The second-order valence-electron chi connectivity index (χ2n) is 5.70. The van der Waals surface area contributed by atoms with E-state index in [1.54, 1.807) is 42.6 Å². The van der Waals surface area contributed by atoms with E-state index in [9.17, 15) is 4.79 Å². The van der Waals surface area contributed by atoms with Gasteiger partial charge in [0.15, 0.2) is 11.5 Å². The summed E-state index contributed by atoms with van der Waals surface area (Å²) in [4.78, 5) is 17.0. The fourth-order valence-corrected chi connectivity index (χ4v) is 3.02. The molecule has 7 heteroatoms. The Labute approximate surface area is 164 Å². The van der Waals surface area contributed by atoms with Gasteiger partial charge in [-0.2, -0.15) is 0 Å². The van der Waals surface area contributed by atoms with Crippen LogP contribution in [0.3, 0.4) is 0 Å². The number of nitrogens with one attached hydrogen (secondary N) is 1. The normalized spacial score (nSPS) is 12.3. The number of aromatic nitrogens is 1. The number of rotatable bonds is 4. The van der Waals surface area contributed by atoms with E-state index in [1.165, 1.54) is 0 Å². The van der Waals surface area contributed by atoms with Crippen LogP contribution in [0.5, 0.6) is 23.1 Å². The Balaban J connectivity index is 1.59. The lowest BCUT2D eigenvalue weighted by Gasteiger charge is -2.20. The fourth-order valence-electron chi connectivity index (χ4n) is 2.59. The first-order chi connectivity index (χ1) is 13.2. The van der Waals surface area contributed by atoms with Crippen LogP contribution < -0.4 is 19.5 Å². The second-order valence-corrected chi connectivity index (χ2v) is 6.56. The van der Waals surface area contributed by atoms with Crippen LogP contribution in [0.25, 0.3) is 0 Å². The number of anilines is 1. The zero-order valence-corrected chi connectivity index (χ0v) is 15.7. The lowest BCUT2D eigenvalue weighted by molar-refractivity contribution is 0.102. The molecule has 1 aliphatic rings. The van der Waals surface area contributed by atoms with Gasteiger partial charge in [-0.25, -0.2) is 4.98 Å². The van der Waals surface area contributed by atoms with Crippen LogP contribution in [-0.2, 0) is 0 Å². The van der Waals surface area contributed by atoms with Gasteiger partial charge in [-0.1, -0.05) is 18.2 Å². The van der Waals surface area contributed by atoms with Crippen LogP contribution in [0.1, 0.15) is 10.4 Å². The Morgan fingerprint density at radius 3 is 2.56 bits per heavy atom. The maximum atomic E-state index is 12.8. The minimum absolute atomic E-state index is 0.231. The molecule has 6 nitrogen and oxygen atoms in total. The molecule has 0 radical (unpaired) electrons. The number of hydrogen-bond acceptors (Lipinski definition) is 5. The molecule has 2 heterocycles. The topological polar surface area (TPSA) is 69.7 Å². The van der Waals surface area contributed by atoms with Crippen molar-refractivity contribution in [1.29, 1.82) is 0 Å². The maximum absolute atomic E-state index is 12.8. The number of para-hydroxylation sites is 1. The van der Waals surface area contributed by atoms with Crippen molar-refractivity contribution in [3.63, 3.8) is 0 Å². The number of nitrogens with zero attached hydrogens (tertiary/aromatic N) is 1. The van der Waals surface area contributed by atoms with Gasteiger partial charge in [-0.05, 0) is 40.2 Å². The van der Waals surface area contributed by atoms with Gasteiger partial charge >= 0.3 is 0 Å². The Morgan fingerprint density at radius 2 is 1.78 bits per heavy atom. The van der Waals surface area contributed by atoms with Crippen molar-refractivity contribution in [2.45, 2.75) is 0 Å². The van der Waals surface area contributed by atoms with Gasteiger partial charge in [0.2, 0.25) is 5.88 Å². The lowest BCUT2D eigenvalue weighted by atomic mass is 10.2. The van der Waals surface area contributed by atoms with Crippen LogP contribution in [0, 0.1) is 0 Å². The quantitative estimate of drug-likeness (QED) is 0.656. The molecule has 2 aromatic carbocycles. The predicted octanol–water partition coefficient (Wildman–Crippen LogP) is 4.66. The average Bonchev–Trinajstić information content (AvgIpc) is 2.70. The highest BCUT2D eigenvalue weighted by Crippen LogP contribution is 2.38. The summed E-state index contributed by atoms with van der Waals surface area (Å²) < 4.78 is 17.6. The SMILES string of the molecule is O=C(Nc1cc2c(cc1Br)OCCO2)c1cccnc1Oc1ccccc1. The van der Waals surface area contributed by atoms with Gasteiger partial charge in [-0.3, -0.25) is 4.79 Å². The smallest absolute Gasteiger partial charge is 0.261 e. The van der Waals surface area contributed by atoms with Crippen molar-refractivity contribution in [3.05, 3.63) is 70.8 Å².